The van der Waals surface area contributed by atoms with Gasteiger partial charge in [-0.1, -0.05) is 337 Å². The molecule has 94 heavy (non-hydrogen) atoms. The van der Waals surface area contributed by atoms with Gasteiger partial charge in [0.25, 0.3) is 0 Å². The summed E-state index contributed by atoms with van der Waals surface area (Å²) in [5.41, 5.74) is 0. The molecule has 0 aromatic heterocycles. The third-order valence-corrected chi connectivity index (χ3v) is 19.7. The Labute approximate surface area is 575 Å². The first kappa shape index (κ1) is 92.1. The van der Waals surface area contributed by atoms with Crippen LogP contribution in [0.3, 0.4) is 0 Å². The number of hydrogen-bond donors (Lipinski definition) is 3. The van der Waals surface area contributed by atoms with E-state index >= 15 is 0 Å². The Bertz CT molecular complexity index is 1820. The fraction of sp³-hybridized carbons (Fsp3) is 0.947. The number of aliphatic hydroxyl groups is 1. The van der Waals surface area contributed by atoms with E-state index < -0.39 is 97.5 Å². The standard InChI is InChI=1S/C75H146O17P2/c1-7-10-12-14-16-18-19-20-21-22-25-28-34-40-46-52-58-73(78)86-64-71(92-74(79)59-53-47-41-35-29-26-23-24-27-32-37-43-49-55-67(4)5)66-90-94(83,84)88-62-69(76)61-87-93(81,82)89-65-70(63-85-72(77)57-51-45-39-17-15-13-11-8-2)91-75(80)60-54-48-42-36-31-30-33-38-44-50-56-68(6)9-3/h67-71,76H,7-66H2,1-6H3,(H,81,82)(H,83,84)/t68?,69-,70+,71+/m0/s1. The van der Waals surface area contributed by atoms with E-state index in [1.807, 2.05) is 0 Å². The molecular weight excluding hydrogens is 1230 g/mol. The lowest BCUT2D eigenvalue weighted by molar-refractivity contribution is -0.161. The number of ether oxygens (including phenoxy) is 4. The van der Waals surface area contributed by atoms with Gasteiger partial charge >= 0.3 is 39.5 Å². The predicted octanol–water partition coefficient (Wildman–Crippen LogP) is 21.9. The van der Waals surface area contributed by atoms with E-state index in [1.54, 1.807) is 0 Å². The molecule has 558 valence electrons. The van der Waals surface area contributed by atoms with Crippen LogP contribution in [-0.4, -0.2) is 96.7 Å². The van der Waals surface area contributed by atoms with Crippen molar-refractivity contribution in [1.29, 1.82) is 0 Å². The fourth-order valence-corrected chi connectivity index (χ4v) is 13.0. The SMILES string of the molecule is CCCCCCCCCCCCCCCCCCC(=O)OC[C@H](COP(=O)(O)OC[C@@H](O)COP(=O)(O)OC[C@@H](COC(=O)CCCCCCCCCC)OC(=O)CCCCCCCCCCCCC(C)CC)OC(=O)CCCCCCCCCCCCCCCC(C)C. The first-order valence-electron chi connectivity index (χ1n) is 39.0. The normalized spacial score (nSPS) is 14.3. The quantitative estimate of drug-likeness (QED) is 0.0222. The number of hydrogen-bond acceptors (Lipinski definition) is 15. The summed E-state index contributed by atoms with van der Waals surface area (Å²) in [4.78, 5) is 72.7. The van der Waals surface area contributed by atoms with Gasteiger partial charge in [0.2, 0.25) is 0 Å². The number of phosphoric acid groups is 2. The molecule has 17 nitrogen and oxygen atoms in total. The molecule has 3 N–H and O–H groups in total. The van der Waals surface area contributed by atoms with Crippen LogP contribution in [0, 0.1) is 11.8 Å². The molecule has 6 atom stereocenters. The predicted molar refractivity (Wildman–Crippen MR) is 381 cm³/mol. The topological polar surface area (TPSA) is 237 Å². The lowest BCUT2D eigenvalue weighted by atomic mass is 9.99. The van der Waals surface area contributed by atoms with E-state index in [4.69, 9.17) is 37.0 Å². The van der Waals surface area contributed by atoms with Crippen LogP contribution in [-0.2, 0) is 65.4 Å². The van der Waals surface area contributed by atoms with Crippen molar-refractivity contribution >= 4 is 39.5 Å². The molecule has 0 rings (SSSR count). The van der Waals surface area contributed by atoms with Gasteiger partial charge in [0.05, 0.1) is 26.4 Å². The van der Waals surface area contributed by atoms with Crippen molar-refractivity contribution in [3.05, 3.63) is 0 Å². The molecule has 0 fully saturated rings. The Hall–Kier alpha value is -1.94. The highest BCUT2D eigenvalue weighted by Crippen LogP contribution is 2.45. The summed E-state index contributed by atoms with van der Waals surface area (Å²) in [5.74, 6) is -0.528. The summed E-state index contributed by atoms with van der Waals surface area (Å²) in [6.45, 7) is 9.61. The molecule has 0 spiro atoms. The van der Waals surface area contributed by atoms with Crippen LogP contribution in [0.25, 0.3) is 0 Å². The minimum Gasteiger partial charge on any atom is -0.462 e. The van der Waals surface area contributed by atoms with Crippen molar-refractivity contribution in [1.82, 2.24) is 0 Å². The third-order valence-electron chi connectivity index (χ3n) is 17.8. The van der Waals surface area contributed by atoms with Crippen LogP contribution in [0.1, 0.15) is 388 Å². The Morgan fingerprint density at radius 1 is 0.309 bits per heavy atom. The molecule has 0 heterocycles. The van der Waals surface area contributed by atoms with E-state index in [1.165, 1.54) is 199 Å². The minimum absolute atomic E-state index is 0.106. The molecular formula is C75H146O17P2. The van der Waals surface area contributed by atoms with Gasteiger partial charge in [-0.05, 0) is 37.5 Å². The largest absolute Gasteiger partial charge is 0.472 e. The highest BCUT2D eigenvalue weighted by molar-refractivity contribution is 7.47. The Morgan fingerprint density at radius 3 is 0.809 bits per heavy atom. The van der Waals surface area contributed by atoms with Crippen LogP contribution in [0.5, 0.6) is 0 Å². The number of esters is 4. The van der Waals surface area contributed by atoms with Crippen molar-refractivity contribution in [2.24, 2.45) is 11.8 Å². The van der Waals surface area contributed by atoms with E-state index in [2.05, 4.69) is 41.5 Å². The first-order chi connectivity index (χ1) is 45.4. The van der Waals surface area contributed by atoms with Crippen molar-refractivity contribution < 1.29 is 80.2 Å². The summed E-state index contributed by atoms with van der Waals surface area (Å²) in [5, 5.41) is 10.6. The Morgan fingerprint density at radius 2 is 0.543 bits per heavy atom. The summed E-state index contributed by atoms with van der Waals surface area (Å²) >= 11 is 0. The van der Waals surface area contributed by atoms with E-state index in [9.17, 15) is 43.2 Å². The number of aliphatic hydroxyl groups excluding tert-OH is 1. The second-order valence-electron chi connectivity index (χ2n) is 27.8. The van der Waals surface area contributed by atoms with Gasteiger partial charge in [-0.2, -0.15) is 0 Å². The van der Waals surface area contributed by atoms with Gasteiger partial charge in [0.1, 0.15) is 19.3 Å². The van der Waals surface area contributed by atoms with E-state index in [-0.39, 0.29) is 25.7 Å². The van der Waals surface area contributed by atoms with Gasteiger partial charge in [-0.15, -0.1) is 0 Å². The zero-order chi connectivity index (χ0) is 69.3. The van der Waals surface area contributed by atoms with Crippen molar-refractivity contribution in [3.8, 4) is 0 Å². The van der Waals surface area contributed by atoms with Crippen molar-refractivity contribution in [2.45, 2.75) is 407 Å². The summed E-state index contributed by atoms with van der Waals surface area (Å²) < 4.78 is 68.4. The van der Waals surface area contributed by atoms with Crippen LogP contribution in [0.4, 0.5) is 0 Å². The van der Waals surface area contributed by atoms with Crippen LogP contribution in [0.15, 0.2) is 0 Å². The van der Waals surface area contributed by atoms with E-state index in [0.29, 0.717) is 25.7 Å². The van der Waals surface area contributed by atoms with Crippen molar-refractivity contribution in [2.75, 3.05) is 39.6 Å². The molecule has 0 aromatic rings. The summed E-state index contributed by atoms with van der Waals surface area (Å²) in [6.07, 6.45) is 54.0. The maximum Gasteiger partial charge on any atom is 0.472 e. The molecule has 0 radical (unpaired) electrons. The van der Waals surface area contributed by atoms with Gasteiger partial charge < -0.3 is 33.8 Å². The van der Waals surface area contributed by atoms with E-state index in [0.717, 1.165) is 108 Å². The van der Waals surface area contributed by atoms with Crippen LogP contribution in [0.2, 0.25) is 0 Å². The molecule has 0 amide bonds. The number of carbonyl (C=O) groups excluding carboxylic acids is 4. The Kier molecular flexibility index (Phi) is 65.5. The minimum atomic E-state index is -4.96. The van der Waals surface area contributed by atoms with Gasteiger partial charge in [0.15, 0.2) is 12.2 Å². The highest BCUT2D eigenvalue weighted by Gasteiger charge is 2.30. The number of rotatable bonds is 74. The highest BCUT2D eigenvalue weighted by atomic mass is 31.2. The molecule has 0 saturated carbocycles. The zero-order valence-corrected chi connectivity index (χ0v) is 63.1. The lowest BCUT2D eigenvalue weighted by Gasteiger charge is -2.21. The monoisotopic (exact) mass is 1380 g/mol. The average molecular weight is 1380 g/mol. The summed E-state index contributed by atoms with van der Waals surface area (Å²) in [7, 11) is -9.91. The maximum atomic E-state index is 13.1. The van der Waals surface area contributed by atoms with Crippen LogP contribution >= 0.6 is 15.6 Å². The molecule has 3 unspecified atom stereocenters. The first-order valence-corrected chi connectivity index (χ1v) is 42.0. The molecule has 0 bridgehead atoms. The Balaban J connectivity index is 5.22. The average Bonchev–Trinajstić information content (AvgIpc) is 1.68. The molecule has 0 aliphatic carbocycles. The summed E-state index contributed by atoms with van der Waals surface area (Å²) in [6, 6.07) is 0. The van der Waals surface area contributed by atoms with Gasteiger partial charge in [-0.3, -0.25) is 37.3 Å². The second kappa shape index (κ2) is 66.9. The van der Waals surface area contributed by atoms with Gasteiger partial charge in [0, 0.05) is 25.7 Å². The molecule has 0 saturated heterocycles. The second-order valence-corrected chi connectivity index (χ2v) is 30.7. The van der Waals surface area contributed by atoms with Crippen LogP contribution < -0.4 is 0 Å². The fourth-order valence-electron chi connectivity index (χ4n) is 11.4. The molecule has 0 aromatic carbocycles. The number of phosphoric ester groups is 2. The molecule has 19 heteroatoms. The number of unbranched alkanes of at least 4 members (excludes halogenated alkanes) is 43. The third kappa shape index (κ3) is 67.3. The molecule has 0 aliphatic heterocycles. The van der Waals surface area contributed by atoms with Crippen molar-refractivity contribution in [3.63, 3.8) is 0 Å². The number of carbonyl (C=O) groups is 4. The zero-order valence-electron chi connectivity index (χ0n) is 61.3. The smallest absolute Gasteiger partial charge is 0.462 e. The molecule has 0 aliphatic rings. The lowest BCUT2D eigenvalue weighted by Crippen LogP contribution is -2.30. The van der Waals surface area contributed by atoms with Gasteiger partial charge in [-0.25, -0.2) is 9.13 Å². The maximum absolute atomic E-state index is 13.1.